The summed E-state index contributed by atoms with van der Waals surface area (Å²) >= 11 is 0. The number of nitrogens with one attached hydrogen (secondary N) is 1. The van der Waals surface area contributed by atoms with E-state index in [4.69, 9.17) is 0 Å². The molecule has 0 aromatic carbocycles. The van der Waals surface area contributed by atoms with E-state index in [0.717, 1.165) is 19.3 Å². The van der Waals surface area contributed by atoms with Crippen molar-refractivity contribution in [3.05, 3.63) is 11.4 Å². The number of aromatic amines is 1. The van der Waals surface area contributed by atoms with E-state index >= 15 is 0 Å². The Morgan fingerprint density at radius 2 is 2.17 bits per heavy atom. The summed E-state index contributed by atoms with van der Waals surface area (Å²) in [6.07, 6.45) is 3.20. The molecule has 1 unspecified atom stereocenters. The van der Waals surface area contributed by atoms with Gasteiger partial charge in [0.1, 0.15) is 4.90 Å². The smallest absolute Gasteiger partial charge is 0.246 e. The average molecular weight is 271 g/mol. The minimum atomic E-state index is -3.37. The van der Waals surface area contributed by atoms with Crippen molar-refractivity contribution in [2.24, 2.45) is 5.92 Å². The predicted octanol–water partition coefficient (Wildman–Crippen LogP) is 1.84. The fraction of sp³-hybridized carbons (Fsp3) is 0.750. The van der Waals surface area contributed by atoms with E-state index in [9.17, 15) is 8.42 Å². The molecule has 0 bridgehead atoms. The van der Waals surface area contributed by atoms with Gasteiger partial charge in [0.05, 0.1) is 11.4 Å². The van der Waals surface area contributed by atoms with Gasteiger partial charge in [0.2, 0.25) is 10.0 Å². The zero-order valence-electron chi connectivity index (χ0n) is 11.2. The standard InChI is InChI=1S/C12H21N3O2S/c1-4-5-11-6-7-15(8-11)18(16,17)12-9(2)13-14-10(12)3/h11H,4-8H2,1-3H3,(H,13,14). The summed E-state index contributed by atoms with van der Waals surface area (Å²) in [4.78, 5) is 0.361. The van der Waals surface area contributed by atoms with Crippen molar-refractivity contribution in [1.82, 2.24) is 14.5 Å². The molecule has 0 spiro atoms. The lowest BCUT2D eigenvalue weighted by Gasteiger charge is -2.16. The molecule has 1 fully saturated rings. The van der Waals surface area contributed by atoms with E-state index in [-0.39, 0.29) is 0 Å². The Labute approximate surface area is 109 Å². The van der Waals surface area contributed by atoms with Crippen LogP contribution in [0.4, 0.5) is 0 Å². The lowest BCUT2D eigenvalue weighted by Crippen LogP contribution is -2.29. The highest BCUT2D eigenvalue weighted by Crippen LogP contribution is 2.28. The molecule has 18 heavy (non-hydrogen) atoms. The van der Waals surface area contributed by atoms with Crippen molar-refractivity contribution < 1.29 is 8.42 Å². The topological polar surface area (TPSA) is 66.1 Å². The zero-order chi connectivity index (χ0) is 13.3. The number of sulfonamides is 1. The van der Waals surface area contributed by atoms with E-state index in [1.54, 1.807) is 18.2 Å². The van der Waals surface area contributed by atoms with Gasteiger partial charge in [0.25, 0.3) is 0 Å². The van der Waals surface area contributed by atoms with E-state index in [0.29, 0.717) is 35.3 Å². The van der Waals surface area contributed by atoms with Gasteiger partial charge in [-0.3, -0.25) is 5.10 Å². The summed E-state index contributed by atoms with van der Waals surface area (Å²) in [6.45, 7) is 6.92. The largest absolute Gasteiger partial charge is 0.281 e. The van der Waals surface area contributed by atoms with Crippen LogP contribution in [0.2, 0.25) is 0 Å². The van der Waals surface area contributed by atoms with E-state index in [1.165, 1.54) is 0 Å². The second-order valence-corrected chi connectivity index (χ2v) is 6.94. The van der Waals surface area contributed by atoms with Crippen LogP contribution < -0.4 is 0 Å². The monoisotopic (exact) mass is 271 g/mol. The van der Waals surface area contributed by atoms with Crippen LogP contribution in [-0.4, -0.2) is 36.0 Å². The third kappa shape index (κ3) is 2.31. The van der Waals surface area contributed by atoms with Gasteiger partial charge < -0.3 is 0 Å². The van der Waals surface area contributed by atoms with Crippen LogP contribution in [0, 0.1) is 19.8 Å². The van der Waals surface area contributed by atoms with E-state index < -0.39 is 10.0 Å². The first-order valence-corrected chi connectivity index (χ1v) is 7.92. The van der Waals surface area contributed by atoms with Crippen molar-refractivity contribution in [1.29, 1.82) is 0 Å². The van der Waals surface area contributed by atoms with Crippen molar-refractivity contribution in [2.75, 3.05) is 13.1 Å². The zero-order valence-corrected chi connectivity index (χ0v) is 12.0. The Bertz CT molecular complexity index is 502. The fourth-order valence-corrected chi connectivity index (χ4v) is 4.57. The van der Waals surface area contributed by atoms with Gasteiger partial charge in [-0.25, -0.2) is 8.42 Å². The Morgan fingerprint density at radius 1 is 1.44 bits per heavy atom. The molecule has 0 amide bonds. The number of rotatable bonds is 4. The van der Waals surface area contributed by atoms with Crippen LogP contribution in [-0.2, 0) is 10.0 Å². The maximum absolute atomic E-state index is 12.6. The number of hydrogen-bond donors (Lipinski definition) is 1. The van der Waals surface area contributed by atoms with Gasteiger partial charge in [0.15, 0.2) is 0 Å². The molecule has 1 atom stereocenters. The van der Waals surface area contributed by atoms with Crippen LogP contribution in [0.5, 0.6) is 0 Å². The van der Waals surface area contributed by atoms with Crippen molar-refractivity contribution >= 4 is 10.0 Å². The summed E-state index contributed by atoms with van der Waals surface area (Å²) in [5.41, 5.74) is 1.19. The summed E-state index contributed by atoms with van der Waals surface area (Å²) in [5.74, 6) is 0.511. The number of nitrogens with zero attached hydrogens (tertiary/aromatic N) is 2. The molecule has 1 aromatic heterocycles. The number of H-pyrrole nitrogens is 1. The van der Waals surface area contributed by atoms with Crippen LogP contribution in [0.15, 0.2) is 4.90 Å². The van der Waals surface area contributed by atoms with E-state index in [1.807, 2.05) is 0 Å². The third-order valence-corrected chi connectivity index (χ3v) is 5.73. The first kappa shape index (κ1) is 13.5. The number of aryl methyl sites for hydroxylation is 2. The molecule has 0 radical (unpaired) electrons. The molecule has 102 valence electrons. The molecule has 1 N–H and O–H groups in total. The highest BCUT2D eigenvalue weighted by molar-refractivity contribution is 7.89. The van der Waals surface area contributed by atoms with Crippen molar-refractivity contribution in [2.45, 2.75) is 44.9 Å². The normalized spacial score (nSPS) is 21.6. The first-order chi connectivity index (χ1) is 8.46. The Balaban J connectivity index is 2.23. The average Bonchev–Trinajstić information content (AvgIpc) is 2.87. The van der Waals surface area contributed by atoms with Crippen molar-refractivity contribution in [3.63, 3.8) is 0 Å². The summed E-state index contributed by atoms with van der Waals surface area (Å²) in [6, 6.07) is 0. The second kappa shape index (κ2) is 5.01. The molecule has 2 heterocycles. The van der Waals surface area contributed by atoms with Crippen LogP contribution in [0.1, 0.15) is 37.6 Å². The lowest BCUT2D eigenvalue weighted by molar-refractivity contribution is 0.444. The first-order valence-electron chi connectivity index (χ1n) is 6.48. The van der Waals surface area contributed by atoms with E-state index in [2.05, 4.69) is 17.1 Å². The van der Waals surface area contributed by atoms with Gasteiger partial charge in [-0.1, -0.05) is 13.3 Å². The van der Waals surface area contributed by atoms with Gasteiger partial charge in [0, 0.05) is 13.1 Å². The molecule has 1 saturated heterocycles. The molecule has 5 nitrogen and oxygen atoms in total. The predicted molar refractivity (Wildman–Crippen MR) is 69.8 cm³/mol. The maximum Gasteiger partial charge on any atom is 0.246 e. The third-order valence-electron chi connectivity index (χ3n) is 3.60. The molecule has 0 aliphatic carbocycles. The molecule has 1 aliphatic rings. The van der Waals surface area contributed by atoms with Gasteiger partial charge in [-0.05, 0) is 32.6 Å². The van der Waals surface area contributed by atoms with Crippen LogP contribution in [0.3, 0.4) is 0 Å². The summed E-state index contributed by atoms with van der Waals surface area (Å²) in [5, 5.41) is 6.73. The number of aromatic nitrogens is 2. The second-order valence-electron chi connectivity index (χ2n) is 5.07. The van der Waals surface area contributed by atoms with Crippen LogP contribution in [0.25, 0.3) is 0 Å². The molecule has 6 heteroatoms. The highest BCUT2D eigenvalue weighted by atomic mass is 32.2. The Morgan fingerprint density at radius 3 is 2.72 bits per heavy atom. The SMILES string of the molecule is CCCC1CCN(S(=O)(=O)c2c(C)n[nH]c2C)C1. The highest BCUT2D eigenvalue weighted by Gasteiger charge is 2.34. The minimum Gasteiger partial charge on any atom is -0.281 e. The molecular weight excluding hydrogens is 250 g/mol. The molecule has 2 rings (SSSR count). The molecule has 1 aromatic rings. The van der Waals surface area contributed by atoms with Crippen LogP contribution >= 0.6 is 0 Å². The molecule has 0 saturated carbocycles. The number of hydrogen-bond acceptors (Lipinski definition) is 3. The van der Waals surface area contributed by atoms with Gasteiger partial charge >= 0.3 is 0 Å². The quantitative estimate of drug-likeness (QED) is 0.908. The van der Waals surface area contributed by atoms with Gasteiger partial charge in [-0.15, -0.1) is 0 Å². The minimum absolute atomic E-state index is 0.361. The summed E-state index contributed by atoms with van der Waals surface area (Å²) < 4.78 is 26.7. The summed E-state index contributed by atoms with van der Waals surface area (Å²) in [7, 11) is -3.37. The molecular formula is C12H21N3O2S. The maximum atomic E-state index is 12.6. The lowest BCUT2D eigenvalue weighted by atomic mass is 10.0. The fourth-order valence-electron chi connectivity index (χ4n) is 2.71. The van der Waals surface area contributed by atoms with Crippen molar-refractivity contribution in [3.8, 4) is 0 Å². The van der Waals surface area contributed by atoms with Gasteiger partial charge in [-0.2, -0.15) is 9.40 Å². The molecule has 1 aliphatic heterocycles. The Kier molecular flexibility index (Phi) is 3.77. The Hall–Kier alpha value is -0.880.